The molecule has 0 amide bonds. The van der Waals surface area contributed by atoms with Crippen molar-refractivity contribution in [2.45, 2.75) is 39.2 Å². The van der Waals surface area contributed by atoms with E-state index in [0.717, 1.165) is 18.7 Å². The fourth-order valence-electron chi connectivity index (χ4n) is 1.53. The molecule has 0 aliphatic carbocycles. The van der Waals surface area contributed by atoms with Crippen LogP contribution < -0.4 is 0 Å². The summed E-state index contributed by atoms with van der Waals surface area (Å²) >= 11 is 0. The molecule has 0 saturated carbocycles. The predicted octanol–water partition coefficient (Wildman–Crippen LogP) is 1.87. The first-order valence-corrected chi connectivity index (χ1v) is 4.88. The smallest absolute Gasteiger partial charge is 0.304 e. The summed E-state index contributed by atoms with van der Waals surface area (Å²) in [5, 5.41) is 12.8. The highest BCUT2D eigenvalue weighted by Gasteiger charge is 2.13. The Kier molecular flexibility index (Phi) is 3.68. The molecule has 1 N–H and O–H groups in total. The van der Waals surface area contributed by atoms with E-state index in [1.807, 2.05) is 17.7 Å². The maximum atomic E-state index is 10.5. The molecule has 78 valence electrons. The molecule has 0 saturated heterocycles. The van der Waals surface area contributed by atoms with Crippen LogP contribution in [0.25, 0.3) is 0 Å². The van der Waals surface area contributed by atoms with Crippen molar-refractivity contribution in [1.29, 1.82) is 0 Å². The Bertz CT molecular complexity index is 307. The predicted molar refractivity (Wildman–Crippen MR) is 53.2 cm³/mol. The summed E-state index contributed by atoms with van der Waals surface area (Å²) in [5.74, 6) is -0.733. The van der Waals surface area contributed by atoms with Crippen LogP contribution in [-0.4, -0.2) is 20.9 Å². The van der Waals surface area contributed by atoms with E-state index in [9.17, 15) is 4.79 Å². The molecule has 0 aliphatic rings. The quantitative estimate of drug-likeness (QED) is 0.782. The van der Waals surface area contributed by atoms with Gasteiger partial charge >= 0.3 is 5.97 Å². The van der Waals surface area contributed by atoms with E-state index in [4.69, 9.17) is 5.11 Å². The minimum atomic E-state index is -0.762. The summed E-state index contributed by atoms with van der Waals surface area (Å²) in [6.07, 6.45) is 2.90. The van der Waals surface area contributed by atoms with Gasteiger partial charge in [0.05, 0.1) is 6.42 Å². The zero-order valence-electron chi connectivity index (χ0n) is 8.60. The molecule has 1 aromatic heterocycles. The number of aliphatic carboxylic acids is 1. The first-order valence-electron chi connectivity index (χ1n) is 4.88. The molecule has 0 aromatic carbocycles. The van der Waals surface area contributed by atoms with Crippen LogP contribution in [0.4, 0.5) is 0 Å². The number of aryl methyl sites for hydroxylation is 1. The van der Waals surface area contributed by atoms with Crippen LogP contribution in [-0.2, 0) is 11.3 Å². The topological polar surface area (TPSA) is 55.1 Å². The lowest BCUT2D eigenvalue weighted by molar-refractivity contribution is -0.137. The lowest BCUT2D eigenvalue weighted by atomic mass is 10.0. The summed E-state index contributed by atoms with van der Waals surface area (Å²) in [6, 6.07) is 1.89. The first kappa shape index (κ1) is 10.8. The van der Waals surface area contributed by atoms with E-state index in [-0.39, 0.29) is 12.3 Å². The third kappa shape index (κ3) is 2.58. The largest absolute Gasteiger partial charge is 0.481 e. The second kappa shape index (κ2) is 4.79. The lowest BCUT2D eigenvalue weighted by Gasteiger charge is -2.11. The summed E-state index contributed by atoms with van der Waals surface area (Å²) in [5.41, 5.74) is 1.01. The zero-order valence-corrected chi connectivity index (χ0v) is 8.60. The molecule has 1 aromatic rings. The standard InChI is InChI=1S/C10H16N2O2/c1-3-6-12-9(4-5-11-12)8(2)7-10(13)14/h4-5,8H,3,6-7H2,1-2H3,(H,13,14). The maximum absolute atomic E-state index is 10.5. The molecule has 0 spiro atoms. The number of nitrogens with zero attached hydrogens (tertiary/aromatic N) is 2. The monoisotopic (exact) mass is 196 g/mol. The van der Waals surface area contributed by atoms with Gasteiger partial charge in [-0.3, -0.25) is 9.48 Å². The molecule has 1 heterocycles. The third-order valence-corrected chi connectivity index (χ3v) is 2.17. The van der Waals surface area contributed by atoms with Crippen LogP contribution >= 0.6 is 0 Å². The van der Waals surface area contributed by atoms with Crippen LogP contribution in [0.2, 0.25) is 0 Å². The third-order valence-electron chi connectivity index (χ3n) is 2.17. The van der Waals surface area contributed by atoms with Crippen molar-refractivity contribution >= 4 is 5.97 Å². The number of hydrogen-bond acceptors (Lipinski definition) is 2. The number of aromatic nitrogens is 2. The average Bonchev–Trinajstić information content (AvgIpc) is 2.51. The Morgan fingerprint density at radius 1 is 1.71 bits per heavy atom. The molecule has 0 radical (unpaired) electrons. The SMILES string of the molecule is CCCn1nccc1C(C)CC(=O)O. The number of rotatable bonds is 5. The summed E-state index contributed by atoms with van der Waals surface area (Å²) in [4.78, 5) is 10.5. The van der Waals surface area contributed by atoms with Gasteiger partial charge in [-0.25, -0.2) is 0 Å². The van der Waals surface area contributed by atoms with E-state index >= 15 is 0 Å². The highest BCUT2D eigenvalue weighted by molar-refractivity contribution is 5.67. The van der Waals surface area contributed by atoms with Crippen LogP contribution in [0.3, 0.4) is 0 Å². The van der Waals surface area contributed by atoms with Crippen LogP contribution in [0, 0.1) is 0 Å². The fraction of sp³-hybridized carbons (Fsp3) is 0.600. The van der Waals surface area contributed by atoms with Crippen LogP contribution in [0.5, 0.6) is 0 Å². The van der Waals surface area contributed by atoms with E-state index in [1.54, 1.807) is 6.20 Å². The van der Waals surface area contributed by atoms with Gasteiger partial charge in [-0.2, -0.15) is 5.10 Å². The van der Waals surface area contributed by atoms with Gasteiger partial charge in [0.2, 0.25) is 0 Å². The number of carboxylic acid groups (broad SMARTS) is 1. The highest BCUT2D eigenvalue weighted by atomic mass is 16.4. The van der Waals surface area contributed by atoms with Crippen molar-refractivity contribution in [2.24, 2.45) is 0 Å². The van der Waals surface area contributed by atoms with Crippen molar-refractivity contribution in [3.8, 4) is 0 Å². The average molecular weight is 196 g/mol. The number of hydrogen-bond donors (Lipinski definition) is 1. The molecule has 4 nitrogen and oxygen atoms in total. The Labute approximate surface area is 83.5 Å². The van der Waals surface area contributed by atoms with Gasteiger partial charge < -0.3 is 5.11 Å². The highest BCUT2D eigenvalue weighted by Crippen LogP contribution is 2.18. The minimum absolute atomic E-state index is 0.0292. The van der Waals surface area contributed by atoms with Gasteiger partial charge in [0, 0.05) is 24.4 Å². The maximum Gasteiger partial charge on any atom is 0.304 e. The van der Waals surface area contributed by atoms with Gasteiger partial charge in [0.25, 0.3) is 0 Å². The van der Waals surface area contributed by atoms with Crippen molar-refractivity contribution in [3.05, 3.63) is 18.0 Å². The first-order chi connectivity index (χ1) is 6.65. The molecule has 1 unspecified atom stereocenters. The Hall–Kier alpha value is -1.32. The minimum Gasteiger partial charge on any atom is -0.481 e. The Morgan fingerprint density at radius 2 is 2.43 bits per heavy atom. The van der Waals surface area contributed by atoms with Gasteiger partial charge in [-0.15, -0.1) is 0 Å². The molecule has 4 heteroatoms. The molecule has 0 fully saturated rings. The second-order valence-corrected chi connectivity index (χ2v) is 3.48. The zero-order chi connectivity index (χ0) is 10.6. The fourth-order valence-corrected chi connectivity index (χ4v) is 1.53. The number of carbonyl (C=O) groups is 1. The second-order valence-electron chi connectivity index (χ2n) is 3.48. The van der Waals surface area contributed by atoms with Crippen molar-refractivity contribution in [2.75, 3.05) is 0 Å². The van der Waals surface area contributed by atoms with Crippen molar-refractivity contribution < 1.29 is 9.90 Å². The van der Waals surface area contributed by atoms with E-state index < -0.39 is 5.97 Å². The van der Waals surface area contributed by atoms with Crippen molar-refractivity contribution in [1.82, 2.24) is 9.78 Å². The molecular formula is C10H16N2O2. The van der Waals surface area contributed by atoms with Crippen molar-refractivity contribution in [3.63, 3.8) is 0 Å². The molecule has 1 rings (SSSR count). The van der Waals surface area contributed by atoms with Crippen LogP contribution in [0.1, 0.15) is 38.3 Å². The Morgan fingerprint density at radius 3 is 3.00 bits per heavy atom. The van der Waals surface area contributed by atoms with Gasteiger partial charge in [0.1, 0.15) is 0 Å². The number of carboxylic acids is 1. The Balaban J connectivity index is 2.72. The molecule has 1 atom stereocenters. The van der Waals surface area contributed by atoms with E-state index in [2.05, 4.69) is 12.0 Å². The van der Waals surface area contributed by atoms with E-state index in [1.165, 1.54) is 0 Å². The lowest BCUT2D eigenvalue weighted by Crippen LogP contribution is -2.10. The summed E-state index contributed by atoms with van der Waals surface area (Å²) in [6.45, 7) is 4.84. The van der Waals surface area contributed by atoms with Gasteiger partial charge in [-0.05, 0) is 12.5 Å². The van der Waals surface area contributed by atoms with Crippen LogP contribution in [0.15, 0.2) is 12.3 Å². The van der Waals surface area contributed by atoms with E-state index in [0.29, 0.717) is 0 Å². The molecule has 0 bridgehead atoms. The summed E-state index contributed by atoms with van der Waals surface area (Å²) in [7, 11) is 0. The molecular weight excluding hydrogens is 180 g/mol. The normalized spacial score (nSPS) is 12.7. The summed E-state index contributed by atoms with van der Waals surface area (Å²) < 4.78 is 1.88. The van der Waals surface area contributed by atoms with Gasteiger partial charge in [0.15, 0.2) is 0 Å². The van der Waals surface area contributed by atoms with Gasteiger partial charge in [-0.1, -0.05) is 13.8 Å². The molecule has 14 heavy (non-hydrogen) atoms. The molecule has 0 aliphatic heterocycles.